The van der Waals surface area contributed by atoms with E-state index < -0.39 is 0 Å². The Bertz CT molecular complexity index is 1010. The molecule has 0 radical (unpaired) electrons. The number of benzene rings is 2. The lowest BCUT2D eigenvalue weighted by Gasteiger charge is -2.34. The van der Waals surface area contributed by atoms with Crippen LogP contribution in [0.4, 0.5) is 5.69 Å². The number of thiocarbonyl (C=S) groups is 1. The molecule has 4 heteroatoms. The Morgan fingerprint density at radius 3 is 2.42 bits per heavy atom. The second kappa shape index (κ2) is 10.3. The van der Waals surface area contributed by atoms with E-state index in [2.05, 4.69) is 83.4 Å². The predicted octanol–water partition coefficient (Wildman–Crippen LogP) is 7.15. The minimum absolute atomic E-state index is 0.500. The van der Waals surface area contributed by atoms with Crippen molar-refractivity contribution in [1.82, 2.24) is 9.47 Å². The van der Waals surface area contributed by atoms with E-state index in [1.807, 2.05) is 0 Å². The Morgan fingerprint density at radius 1 is 0.968 bits per heavy atom. The molecule has 0 bridgehead atoms. The van der Waals surface area contributed by atoms with Gasteiger partial charge in [0, 0.05) is 41.9 Å². The number of hydrogen-bond acceptors (Lipinski definition) is 1. The molecule has 1 saturated carbocycles. The van der Waals surface area contributed by atoms with E-state index in [1.54, 1.807) is 0 Å². The van der Waals surface area contributed by atoms with Crippen molar-refractivity contribution in [3.8, 4) is 0 Å². The molecule has 4 rings (SSSR count). The normalized spacial score (nSPS) is 15.0. The molecule has 1 heterocycles. The Kier molecular flexibility index (Phi) is 7.29. The predicted molar refractivity (Wildman–Crippen MR) is 137 cm³/mol. The average molecular weight is 434 g/mol. The number of nitrogens with one attached hydrogen (secondary N) is 1. The topological polar surface area (TPSA) is 20.2 Å². The van der Waals surface area contributed by atoms with Crippen molar-refractivity contribution in [3.63, 3.8) is 0 Å². The van der Waals surface area contributed by atoms with Gasteiger partial charge in [-0.2, -0.15) is 0 Å². The molecule has 1 fully saturated rings. The number of fused-ring (bicyclic) bond motifs is 1. The van der Waals surface area contributed by atoms with Gasteiger partial charge in [-0.25, -0.2) is 0 Å². The van der Waals surface area contributed by atoms with Crippen LogP contribution in [0.15, 0.2) is 54.7 Å². The summed E-state index contributed by atoms with van der Waals surface area (Å²) in [5, 5.41) is 5.83. The number of hydrogen-bond donors (Lipinski definition) is 1. The fourth-order valence-corrected chi connectivity index (χ4v) is 5.29. The lowest BCUT2D eigenvalue weighted by atomic mass is 10.1. The van der Waals surface area contributed by atoms with Crippen LogP contribution in [0.25, 0.3) is 10.9 Å². The molecule has 1 aromatic heterocycles. The first-order valence-electron chi connectivity index (χ1n) is 11.9. The van der Waals surface area contributed by atoms with Crippen LogP contribution in [-0.2, 0) is 19.5 Å². The molecule has 0 amide bonds. The number of aromatic nitrogens is 1. The summed E-state index contributed by atoms with van der Waals surface area (Å²) < 4.78 is 2.36. The smallest absolute Gasteiger partial charge is 0.173 e. The second-order valence-corrected chi connectivity index (χ2v) is 9.06. The van der Waals surface area contributed by atoms with Gasteiger partial charge in [-0.05, 0) is 61.7 Å². The maximum atomic E-state index is 6.06. The Labute approximate surface area is 192 Å². The Hall–Kier alpha value is -2.33. The molecule has 1 aliphatic rings. The van der Waals surface area contributed by atoms with E-state index in [-0.39, 0.29) is 0 Å². The van der Waals surface area contributed by atoms with Gasteiger partial charge < -0.3 is 14.8 Å². The number of anilines is 1. The van der Waals surface area contributed by atoms with Crippen LogP contribution in [0.5, 0.6) is 0 Å². The minimum atomic E-state index is 0.500. The van der Waals surface area contributed by atoms with Gasteiger partial charge in [-0.3, -0.25) is 0 Å². The van der Waals surface area contributed by atoms with Gasteiger partial charge in [-0.15, -0.1) is 0 Å². The van der Waals surface area contributed by atoms with Crippen LogP contribution in [0.3, 0.4) is 0 Å². The van der Waals surface area contributed by atoms with Gasteiger partial charge >= 0.3 is 0 Å². The summed E-state index contributed by atoms with van der Waals surface area (Å²) in [5.74, 6) is 0. The first-order chi connectivity index (χ1) is 15.2. The van der Waals surface area contributed by atoms with Gasteiger partial charge in [-0.1, -0.05) is 69.0 Å². The summed E-state index contributed by atoms with van der Waals surface area (Å²) in [5.41, 5.74) is 5.14. The lowest BCUT2D eigenvalue weighted by Crippen LogP contribution is -2.42. The van der Waals surface area contributed by atoms with Gasteiger partial charge in [0.2, 0.25) is 0 Å². The fourth-order valence-electron chi connectivity index (χ4n) is 4.97. The number of rotatable bonds is 6. The van der Waals surface area contributed by atoms with E-state index in [4.69, 9.17) is 12.2 Å². The summed E-state index contributed by atoms with van der Waals surface area (Å²) in [6, 6.07) is 17.8. The summed E-state index contributed by atoms with van der Waals surface area (Å²) in [6.45, 7) is 6.26. The lowest BCUT2D eigenvalue weighted by molar-refractivity contribution is 0.281. The quantitative estimate of drug-likeness (QED) is 0.329. The SMILES string of the molecule is CCc1ccccc1NC(=S)N(Cc1cn(CC)c2ccccc12)C1CCCCCC1. The van der Waals surface area contributed by atoms with E-state index in [0.29, 0.717) is 6.04 Å². The second-order valence-electron chi connectivity index (χ2n) is 8.67. The van der Waals surface area contributed by atoms with E-state index in [1.165, 1.54) is 60.6 Å². The first-order valence-corrected chi connectivity index (χ1v) is 12.3. The highest BCUT2D eigenvalue weighted by Gasteiger charge is 2.24. The van der Waals surface area contributed by atoms with E-state index in [0.717, 1.165) is 30.3 Å². The molecule has 0 spiro atoms. The highest BCUT2D eigenvalue weighted by Crippen LogP contribution is 2.28. The molecule has 0 atom stereocenters. The van der Waals surface area contributed by atoms with Crippen molar-refractivity contribution in [2.24, 2.45) is 0 Å². The number of para-hydroxylation sites is 2. The highest BCUT2D eigenvalue weighted by atomic mass is 32.1. The highest BCUT2D eigenvalue weighted by molar-refractivity contribution is 7.80. The van der Waals surface area contributed by atoms with Crippen molar-refractivity contribution in [1.29, 1.82) is 0 Å². The molecule has 0 saturated heterocycles. The first kappa shape index (κ1) is 21.9. The third kappa shape index (κ3) is 4.95. The summed E-state index contributed by atoms with van der Waals surface area (Å²) in [7, 11) is 0. The molecule has 0 aliphatic heterocycles. The molecule has 2 aromatic carbocycles. The summed E-state index contributed by atoms with van der Waals surface area (Å²) in [4.78, 5) is 2.48. The van der Waals surface area contributed by atoms with Crippen molar-refractivity contribution in [2.75, 3.05) is 5.32 Å². The standard InChI is InChI=1S/C27H35N3S/c1-3-21-13-9-11-17-25(21)28-27(31)30(23-14-7-5-6-8-15-23)20-22-19-29(4-2)26-18-12-10-16-24(22)26/h9-13,16-19,23H,3-8,14-15,20H2,1-2H3,(H,28,31). The van der Waals surface area contributed by atoms with E-state index in [9.17, 15) is 0 Å². The zero-order chi connectivity index (χ0) is 21.6. The van der Waals surface area contributed by atoms with Gasteiger partial charge in [0.1, 0.15) is 0 Å². The summed E-state index contributed by atoms with van der Waals surface area (Å²) >= 11 is 6.06. The number of aryl methyl sites for hydroxylation is 2. The van der Waals surface area contributed by atoms with Gasteiger partial charge in [0.25, 0.3) is 0 Å². The molecule has 3 aromatic rings. The van der Waals surface area contributed by atoms with E-state index >= 15 is 0 Å². The third-order valence-corrected chi connectivity index (χ3v) is 7.06. The van der Waals surface area contributed by atoms with Gasteiger partial charge in [0.05, 0.1) is 0 Å². The molecule has 1 N–H and O–H groups in total. The van der Waals surface area contributed by atoms with Crippen LogP contribution >= 0.6 is 12.2 Å². The Morgan fingerprint density at radius 2 is 1.68 bits per heavy atom. The summed E-state index contributed by atoms with van der Waals surface area (Å²) in [6.07, 6.45) is 11.1. The molecule has 31 heavy (non-hydrogen) atoms. The molecular formula is C27H35N3S. The maximum Gasteiger partial charge on any atom is 0.173 e. The van der Waals surface area contributed by atoms with Crippen LogP contribution in [-0.4, -0.2) is 20.6 Å². The van der Waals surface area contributed by atoms with Crippen LogP contribution < -0.4 is 5.32 Å². The van der Waals surface area contributed by atoms with Crippen molar-refractivity contribution >= 4 is 33.9 Å². The molecule has 1 aliphatic carbocycles. The van der Waals surface area contributed by atoms with Crippen molar-refractivity contribution in [3.05, 3.63) is 65.9 Å². The minimum Gasteiger partial charge on any atom is -0.347 e. The Balaban J connectivity index is 1.65. The largest absolute Gasteiger partial charge is 0.347 e. The molecule has 164 valence electrons. The van der Waals surface area contributed by atoms with Crippen LogP contribution in [0.2, 0.25) is 0 Å². The molecule has 3 nitrogen and oxygen atoms in total. The molecule has 0 unspecified atom stereocenters. The molecular weight excluding hydrogens is 398 g/mol. The van der Waals surface area contributed by atoms with Gasteiger partial charge in [0.15, 0.2) is 5.11 Å². The number of nitrogens with zero attached hydrogens (tertiary/aromatic N) is 2. The third-order valence-electron chi connectivity index (χ3n) is 6.72. The fraction of sp³-hybridized carbons (Fsp3) is 0.444. The van der Waals surface area contributed by atoms with Crippen molar-refractivity contribution in [2.45, 2.75) is 77.9 Å². The zero-order valence-electron chi connectivity index (χ0n) is 18.9. The van der Waals surface area contributed by atoms with Crippen molar-refractivity contribution < 1.29 is 0 Å². The monoisotopic (exact) mass is 433 g/mol. The zero-order valence-corrected chi connectivity index (χ0v) is 19.8. The van der Waals surface area contributed by atoms with Crippen LogP contribution in [0.1, 0.15) is 63.5 Å². The van der Waals surface area contributed by atoms with Crippen LogP contribution in [0, 0.1) is 0 Å². The average Bonchev–Trinajstić information content (AvgIpc) is 2.95. The maximum absolute atomic E-state index is 6.06.